The monoisotopic (exact) mass is 501 g/mol. The van der Waals surface area contributed by atoms with Gasteiger partial charge in [0.1, 0.15) is 6.10 Å². The lowest BCUT2D eigenvalue weighted by Crippen LogP contribution is -2.55. The van der Waals surface area contributed by atoms with Crippen LogP contribution in [0.5, 0.6) is 0 Å². The maximum Gasteiger partial charge on any atom is 0.243 e. The van der Waals surface area contributed by atoms with Crippen molar-refractivity contribution in [3.05, 3.63) is 59.8 Å². The molecular weight excluding hydrogens is 454 g/mol. The van der Waals surface area contributed by atoms with Crippen molar-refractivity contribution >= 4 is 5.91 Å². The third kappa shape index (κ3) is 10.6. The van der Waals surface area contributed by atoms with Crippen LogP contribution in [0.4, 0.5) is 0 Å². The summed E-state index contributed by atoms with van der Waals surface area (Å²) in [7, 11) is 0. The molecule has 6 nitrogen and oxygen atoms in total. The minimum atomic E-state index is -1.27. The highest BCUT2D eigenvalue weighted by Crippen LogP contribution is 2.31. The van der Waals surface area contributed by atoms with E-state index in [2.05, 4.69) is 57.3 Å². The Kier molecular flexibility index (Phi) is 12.3. The lowest BCUT2D eigenvalue weighted by atomic mass is 9.89. The summed E-state index contributed by atoms with van der Waals surface area (Å²) in [5, 5.41) is 23.9. The average Bonchev–Trinajstić information content (AvgIpc) is 2.80. The van der Waals surface area contributed by atoms with Gasteiger partial charge in [0.2, 0.25) is 5.91 Å². The summed E-state index contributed by atoms with van der Waals surface area (Å²) in [4.78, 5) is 12.2. The van der Waals surface area contributed by atoms with Crippen LogP contribution in [0.2, 0.25) is 0 Å². The number of amides is 1. The first-order valence-corrected chi connectivity index (χ1v) is 13.3. The summed E-state index contributed by atoms with van der Waals surface area (Å²) < 4.78 is 12.2. The molecule has 0 aromatic carbocycles. The van der Waals surface area contributed by atoms with Gasteiger partial charge < -0.3 is 25.0 Å². The first kappa shape index (κ1) is 30.2. The number of allylic oxidation sites excluding steroid dienone is 7. The predicted octanol–water partition coefficient (Wildman–Crippen LogP) is 5.14. The quantitative estimate of drug-likeness (QED) is 0.456. The van der Waals surface area contributed by atoms with Crippen LogP contribution in [-0.2, 0) is 14.3 Å². The fourth-order valence-corrected chi connectivity index (χ4v) is 4.53. The van der Waals surface area contributed by atoms with Crippen molar-refractivity contribution in [3.8, 4) is 0 Å². The third-order valence-corrected chi connectivity index (χ3v) is 6.94. The molecule has 36 heavy (non-hydrogen) atoms. The molecule has 0 radical (unpaired) electrons. The van der Waals surface area contributed by atoms with E-state index in [4.69, 9.17) is 9.47 Å². The molecule has 2 aliphatic heterocycles. The van der Waals surface area contributed by atoms with Crippen LogP contribution in [0.25, 0.3) is 0 Å². The second kappa shape index (κ2) is 14.7. The van der Waals surface area contributed by atoms with E-state index < -0.39 is 24.1 Å². The highest BCUT2D eigenvalue weighted by Gasteiger charge is 2.44. The summed E-state index contributed by atoms with van der Waals surface area (Å²) >= 11 is 0. The van der Waals surface area contributed by atoms with Gasteiger partial charge in [-0.05, 0) is 59.3 Å². The summed E-state index contributed by atoms with van der Waals surface area (Å²) in [5.74, 6) is 0.343. The highest BCUT2D eigenvalue weighted by atomic mass is 16.7. The molecule has 1 amide bonds. The molecule has 202 valence electrons. The lowest BCUT2D eigenvalue weighted by molar-refractivity contribution is -0.285. The van der Waals surface area contributed by atoms with Crippen LogP contribution in [0.1, 0.15) is 73.6 Å². The molecule has 6 heteroatoms. The zero-order chi connectivity index (χ0) is 26.7. The molecule has 1 saturated heterocycles. The molecule has 3 N–H and O–H groups in total. The molecular formula is C30H47NO5. The first-order chi connectivity index (χ1) is 17.0. The van der Waals surface area contributed by atoms with Crippen molar-refractivity contribution in [2.24, 2.45) is 11.8 Å². The lowest BCUT2D eigenvalue weighted by Gasteiger charge is -2.43. The van der Waals surface area contributed by atoms with Gasteiger partial charge in [-0.15, -0.1) is 0 Å². The zero-order valence-electron chi connectivity index (χ0n) is 22.9. The molecule has 0 aromatic heterocycles. The standard InChI is InChI=1S/C30H47NO5/c1-21-12-8-7-9-13-23(3)20-31-27(32)15-11-10-14-24(4)26(17-16-22(2)18-21)36-28-19-30(6,34)29(33)25(5)35-28/h7-8,10-12,14-16,23-26,28-29,33-34H,9,13,17-20H2,1-6H3,(H,31,32)/b8-7+,14-10+,15-11+,21-12+,22-16+/t23-,24-,25+,26-,28-,29+,30+/m0/s1. The number of carbonyl (C=O) groups is 1. The molecule has 0 bridgehead atoms. The minimum absolute atomic E-state index is 0.0302. The van der Waals surface area contributed by atoms with Gasteiger partial charge in [0, 0.05) is 25.0 Å². The van der Waals surface area contributed by atoms with Crippen LogP contribution in [0.15, 0.2) is 59.8 Å². The Morgan fingerprint density at radius 3 is 2.61 bits per heavy atom. The van der Waals surface area contributed by atoms with E-state index in [0.29, 0.717) is 18.9 Å². The Morgan fingerprint density at radius 2 is 1.89 bits per heavy atom. The van der Waals surface area contributed by atoms with E-state index in [0.717, 1.165) is 19.3 Å². The molecule has 0 spiro atoms. The molecule has 7 atom stereocenters. The Hall–Kier alpha value is -1.99. The largest absolute Gasteiger partial charge is 0.387 e. The minimum Gasteiger partial charge on any atom is -0.387 e. The van der Waals surface area contributed by atoms with Crippen LogP contribution < -0.4 is 5.32 Å². The number of carbonyl (C=O) groups excluding carboxylic acids is 1. The number of nitrogens with one attached hydrogen (secondary N) is 1. The smallest absolute Gasteiger partial charge is 0.243 e. The van der Waals surface area contributed by atoms with Crippen LogP contribution in [0, 0.1) is 11.8 Å². The summed E-state index contributed by atoms with van der Waals surface area (Å²) in [5.41, 5.74) is 1.28. The SMILES string of the molecule is C/C1=C\C=C\CC[C@H](C)CNC(=O)/C=C/C=C/[C@H](C)[C@@H](O[C@H]2C[C@@](C)(O)[C@H](O)[C@@H](C)O2)C/C=C(\C)C1. The fourth-order valence-electron chi connectivity index (χ4n) is 4.53. The van der Waals surface area contributed by atoms with Crippen molar-refractivity contribution in [2.75, 3.05) is 6.54 Å². The molecule has 0 aromatic rings. The van der Waals surface area contributed by atoms with Gasteiger partial charge in [-0.1, -0.05) is 67.5 Å². The Labute approximate surface area is 217 Å². The number of aliphatic hydroxyl groups excluding tert-OH is 1. The fraction of sp³-hybridized carbons (Fsp3) is 0.633. The van der Waals surface area contributed by atoms with Crippen molar-refractivity contribution in [2.45, 2.75) is 104 Å². The second-order valence-corrected chi connectivity index (χ2v) is 10.9. The number of hydrogen-bond donors (Lipinski definition) is 3. The molecule has 2 heterocycles. The average molecular weight is 502 g/mol. The molecule has 0 aliphatic carbocycles. The van der Waals surface area contributed by atoms with Gasteiger partial charge in [0.15, 0.2) is 6.29 Å². The maximum absolute atomic E-state index is 12.2. The normalized spacial score (nSPS) is 41.6. The molecule has 0 saturated carbocycles. The summed E-state index contributed by atoms with van der Waals surface area (Å²) in [6.07, 6.45) is 17.4. The van der Waals surface area contributed by atoms with E-state index in [-0.39, 0.29) is 24.3 Å². The van der Waals surface area contributed by atoms with Crippen molar-refractivity contribution in [1.82, 2.24) is 5.32 Å². The first-order valence-electron chi connectivity index (χ1n) is 13.3. The van der Waals surface area contributed by atoms with Gasteiger partial charge in [0.25, 0.3) is 0 Å². The number of hydrogen-bond acceptors (Lipinski definition) is 5. The van der Waals surface area contributed by atoms with E-state index in [9.17, 15) is 15.0 Å². The van der Waals surface area contributed by atoms with Crippen LogP contribution in [0.3, 0.4) is 0 Å². The zero-order valence-corrected chi connectivity index (χ0v) is 22.9. The van der Waals surface area contributed by atoms with Gasteiger partial charge in [-0.3, -0.25) is 4.79 Å². The van der Waals surface area contributed by atoms with Crippen molar-refractivity contribution in [3.63, 3.8) is 0 Å². The number of ether oxygens (including phenoxy) is 2. The molecule has 2 aliphatic rings. The van der Waals surface area contributed by atoms with E-state index in [1.165, 1.54) is 11.1 Å². The Bertz CT molecular complexity index is 853. The van der Waals surface area contributed by atoms with Gasteiger partial charge in [0.05, 0.1) is 17.8 Å². The Morgan fingerprint density at radius 1 is 1.14 bits per heavy atom. The molecule has 0 unspecified atom stereocenters. The number of aliphatic hydroxyl groups is 2. The summed E-state index contributed by atoms with van der Waals surface area (Å²) in [6.45, 7) is 12.5. The molecule has 2 rings (SSSR count). The van der Waals surface area contributed by atoms with Crippen LogP contribution in [-0.4, -0.2) is 52.9 Å². The highest BCUT2D eigenvalue weighted by molar-refractivity contribution is 5.87. The van der Waals surface area contributed by atoms with Crippen LogP contribution >= 0.6 is 0 Å². The summed E-state index contributed by atoms with van der Waals surface area (Å²) in [6, 6.07) is 0. The topological polar surface area (TPSA) is 88.0 Å². The van der Waals surface area contributed by atoms with E-state index >= 15 is 0 Å². The van der Waals surface area contributed by atoms with Crippen molar-refractivity contribution in [1.29, 1.82) is 0 Å². The van der Waals surface area contributed by atoms with E-state index in [1.54, 1.807) is 26.0 Å². The van der Waals surface area contributed by atoms with Gasteiger partial charge in [-0.25, -0.2) is 0 Å². The van der Waals surface area contributed by atoms with Gasteiger partial charge >= 0.3 is 0 Å². The predicted molar refractivity (Wildman–Crippen MR) is 145 cm³/mol. The van der Waals surface area contributed by atoms with Crippen molar-refractivity contribution < 1.29 is 24.5 Å². The third-order valence-electron chi connectivity index (χ3n) is 6.94. The number of rotatable bonds is 2. The Balaban J connectivity index is 2.20. The molecule has 1 fully saturated rings. The van der Waals surface area contributed by atoms with Gasteiger partial charge in [-0.2, -0.15) is 0 Å². The van der Waals surface area contributed by atoms with E-state index in [1.807, 2.05) is 12.2 Å². The maximum atomic E-state index is 12.2. The second-order valence-electron chi connectivity index (χ2n) is 10.9.